The van der Waals surface area contributed by atoms with E-state index in [0.29, 0.717) is 29.9 Å². The number of nitrogens with one attached hydrogen (secondary N) is 1. The summed E-state index contributed by atoms with van der Waals surface area (Å²) in [6.07, 6.45) is 3.01. The molecule has 3 aromatic rings. The van der Waals surface area contributed by atoms with Crippen molar-refractivity contribution in [2.75, 3.05) is 13.7 Å². The number of hydrogen-bond donors (Lipinski definition) is 1. The van der Waals surface area contributed by atoms with Crippen LogP contribution in [0.25, 0.3) is 10.2 Å². The summed E-state index contributed by atoms with van der Waals surface area (Å²) in [6, 6.07) is 4.91. The van der Waals surface area contributed by atoms with Crippen LogP contribution in [-0.2, 0) is 6.54 Å². The third-order valence-electron chi connectivity index (χ3n) is 3.29. The van der Waals surface area contributed by atoms with Crippen LogP contribution in [0.4, 0.5) is 0 Å². The molecule has 3 heterocycles. The molecular formula is C15H14N4O3S. The molecule has 3 rings (SSSR count). The number of thiophene rings is 1. The fourth-order valence-corrected chi connectivity index (χ4v) is 2.83. The molecule has 0 bridgehead atoms. The second-order valence-corrected chi connectivity index (χ2v) is 5.62. The highest BCUT2D eigenvalue weighted by Crippen LogP contribution is 2.13. The van der Waals surface area contributed by atoms with E-state index >= 15 is 0 Å². The molecule has 3 aromatic heterocycles. The summed E-state index contributed by atoms with van der Waals surface area (Å²) < 4.78 is 6.47. The van der Waals surface area contributed by atoms with Crippen molar-refractivity contribution in [3.63, 3.8) is 0 Å². The smallest absolute Gasteiger partial charge is 0.262 e. The van der Waals surface area contributed by atoms with Crippen molar-refractivity contribution in [1.82, 2.24) is 19.9 Å². The lowest BCUT2D eigenvalue weighted by Crippen LogP contribution is -2.30. The molecule has 0 aliphatic rings. The van der Waals surface area contributed by atoms with E-state index in [1.807, 2.05) is 5.38 Å². The van der Waals surface area contributed by atoms with Crippen molar-refractivity contribution in [3.8, 4) is 5.88 Å². The Morgan fingerprint density at radius 1 is 1.39 bits per heavy atom. The summed E-state index contributed by atoms with van der Waals surface area (Å²) in [4.78, 5) is 33.2. The molecule has 23 heavy (non-hydrogen) atoms. The maximum Gasteiger partial charge on any atom is 0.262 e. The average molecular weight is 330 g/mol. The van der Waals surface area contributed by atoms with Gasteiger partial charge in [-0.3, -0.25) is 14.2 Å². The van der Waals surface area contributed by atoms with Crippen LogP contribution in [0.15, 0.2) is 40.9 Å². The first-order chi connectivity index (χ1) is 11.2. The van der Waals surface area contributed by atoms with Gasteiger partial charge >= 0.3 is 0 Å². The highest BCUT2D eigenvalue weighted by atomic mass is 32.1. The zero-order valence-corrected chi connectivity index (χ0v) is 13.2. The van der Waals surface area contributed by atoms with Crippen LogP contribution < -0.4 is 15.6 Å². The van der Waals surface area contributed by atoms with Gasteiger partial charge in [-0.1, -0.05) is 0 Å². The summed E-state index contributed by atoms with van der Waals surface area (Å²) in [6.45, 7) is 0.673. The lowest BCUT2D eigenvalue weighted by atomic mass is 10.2. The van der Waals surface area contributed by atoms with Crippen LogP contribution in [0, 0.1) is 0 Å². The van der Waals surface area contributed by atoms with Gasteiger partial charge in [0.05, 0.1) is 18.8 Å². The molecular weight excluding hydrogens is 316 g/mol. The Morgan fingerprint density at radius 2 is 2.26 bits per heavy atom. The number of methoxy groups -OCH3 is 1. The van der Waals surface area contributed by atoms with Gasteiger partial charge < -0.3 is 10.1 Å². The molecule has 0 fully saturated rings. The van der Waals surface area contributed by atoms with Crippen molar-refractivity contribution >= 4 is 27.5 Å². The Kier molecular flexibility index (Phi) is 4.33. The van der Waals surface area contributed by atoms with E-state index < -0.39 is 0 Å². The molecule has 0 radical (unpaired) electrons. The van der Waals surface area contributed by atoms with Crippen LogP contribution in [-0.4, -0.2) is 34.1 Å². The van der Waals surface area contributed by atoms with Gasteiger partial charge in [-0.15, -0.1) is 11.3 Å². The molecule has 0 spiro atoms. The summed E-state index contributed by atoms with van der Waals surface area (Å²) >= 11 is 1.43. The molecule has 0 saturated heterocycles. The molecule has 0 saturated carbocycles. The van der Waals surface area contributed by atoms with Gasteiger partial charge in [0.15, 0.2) is 0 Å². The third-order valence-corrected chi connectivity index (χ3v) is 4.12. The van der Waals surface area contributed by atoms with E-state index in [2.05, 4.69) is 15.3 Å². The molecule has 0 aliphatic carbocycles. The van der Waals surface area contributed by atoms with E-state index in [-0.39, 0.29) is 11.5 Å². The van der Waals surface area contributed by atoms with E-state index in [4.69, 9.17) is 4.74 Å². The second-order valence-electron chi connectivity index (χ2n) is 4.73. The number of pyridine rings is 1. The van der Waals surface area contributed by atoms with Crippen LogP contribution in [0.2, 0.25) is 0 Å². The maximum absolute atomic E-state index is 12.2. The van der Waals surface area contributed by atoms with Gasteiger partial charge in [0, 0.05) is 30.9 Å². The molecule has 0 atom stereocenters. The standard InChI is InChI=1S/C15H14N4O3S/c1-22-12-8-10(2-4-16-12)13(20)17-5-6-19-9-18-14-11(15(19)21)3-7-23-14/h2-4,7-9H,5-6H2,1H3,(H,17,20). The first kappa shape index (κ1) is 15.2. The molecule has 0 aliphatic heterocycles. The molecule has 0 aromatic carbocycles. The minimum absolute atomic E-state index is 0.101. The Balaban J connectivity index is 1.65. The number of aromatic nitrogens is 3. The Morgan fingerprint density at radius 3 is 3.09 bits per heavy atom. The number of fused-ring (bicyclic) bond motifs is 1. The molecule has 0 unspecified atom stereocenters. The molecule has 1 amide bonds. The number of amides is 1. The zero-order chi connectivity index (χ0) is 16.2. The number of ether oxygens (including phenoxy) is 1. The lowest BCUT2D eigenvalue weighted by Gasteiger charge is -2.08. The predicted octanol–water partition coefficient (Wildman–Crippen LogP) is 1.29. The average Bonchev–Trinajstić information content (AvgIpc) is 3.06. The van der Waals surface area contributed by atoms with Gasteiger partial charge in [0.25, 0.3) is 11.5 Å². The minimum atomic E-state index is -0.247. The zero-order valence-electron chi connectivity index (χ0n) is 12.4. The summed E-state index contributed by atoms with van der Waals surface area (Å²) in [5, 5.41) is 5.20. The highest BCUT2D eigenvalue weighted by Gasteiger charge is 2.08. The van der Waals surface area contributed by atoms with Crippen molar-refractivity contribution in [1.29, 1.82) is 0 Å². The fraction of sp³-hybridized carbons (Fsp3) is 0.200. The molecule has 8 heteroatoms. The number of carbonyl (C=O) groups is 1. The number of nitrogens with zero attached hydrogens (tertiary/aromatic N) is 3. The van der Waals surface area contributed by atoms with Gasteiger partial charge in [-0.05, 0) is 17.5 Å². The Hall–Kier alpha value is -2.74. The van der Waals surface area contributed by atoms with Gasteiger partial charge in [-0.2, -0.15) is 0 Å². The van der Waals surface area contributed by atoms with Gasteiger partial charge in [-0.25, -0.2) is 9.97 Å². The molecule has 7 nitrogen and oxygen atoms in total. The van der Waals surface area contributed by atoms with Crippen molar-refractivity contribution < 1.29 is 9.53 Å². The van der Waals surface area contributed by atoms with E-state index in [0.717, 1.165) is 4.83 Å². The van der Waals surface area contributed by atoms with Crippen LogP contribution in [0.5, 0.6) is 5.88 Å². The first-order valence-electron chi connectivity index (χ1n) is 6.90. The summed E-state index contributed by atoms with van der Waals surface area (Å²) in [5.74, 6) is 0.129. The van der Waals surface area contributed by atoms with Crippen LogP contribution >= 0.6 is 11.3 Å². The normalized spacial score (nSPS) is 10.7. The number of hydrogen-bond acceptors (Lipinski definition) is 6. The summed E-state index contributed by atoms with van der Waals surface area (Å²) in [5.41, 5.74) is 0.353. The summed E-state index contributed by atoms with van der Waals surface area (Å²) in [7, 11) is 1.49. The monoisotopic (exact) mass is 330 g/mol. The third kappa shape index (κ3) is 3.21. The van der Waals surface area contributed by atoms with Crippen molar-refractivity contribution in [2.45, 2.75) is 6.54 Å². The second kappa shape index (κ2) is 6.57. The number of rotatable bonds is 5. The van der Waals surface area contributed by atoms with E-state index in [1.165, 1.54) is 35.5 Å². The maximum atomic E-state index is 12.2. The fourth-order valence-electron chi connectivity index (χ4n) is 2.11. The van der Waals surface area contributed by atoms with Gasteiger partial charge in [0.1, 0.15) is 4.83 Å². The van der Waals surface area contributed by atoms with E-state index in [9.17, 15) is 9.59 Å². The van der Waals surface area contributed by atoms with Crippen LogP contribution in [0.3, 0.4) is 0 Å². The van der Waals surface area contributed by atoms with Gasteiger partial charge in [0.2, 0.25) is 5.88 Å². The number of carbonyl (C=O) groups excluding carboxylic acids is 1. The molecule has 1 N–H and O–H groups in total. The largest absolute Gasteiger partial charge is 0.481 e. The lowest BCUT2D eigenvalue weighted by molar-refractivity contribution is 0.0951. The minimum Gasteiger partial charge on any atom is -0.481 e. The van der Waals surface area contributed by atoms with Crippen molar-refractivity contribution in [3.05, 3.63) is 52.0 Å². The van der Waals surface area contributed by atoms with Crippen molar-refractivity contribution in [2.24, 2.45) is 0 Å². The SMILES string of the molecule is COc1cc(C(=O)NCCn2cnc3sccc3c2=O)ccn1. The van der Waals surface area contributed by atoms with Crippen LogP contribution in [0.1, 0.15) is 10.4 Å². The Labute approximate surface area is 135 Å². The Bertz CT molecular complexity index is 903. The highest BCUT2D eigenvalue weighted by molar-refractivity contribution is 7.16. The van der Waals surface area contributed by atoms with E-state index in [1.54, 1.807) is 18.2 Å². The quantitative estimate of drug-likeness (QED) is 0.762. The predicted molar refractivity (Wildman–Crippen MR) is 87.0 cm³/mol. The molecule has 118 valence electrons. The first-order valence-corrected chi connectivity index (χ1v) is 7.78. The topological polar surface area (TPSA) is 86.1 Å².